The van der Waals surface area contributed by atoms with Gasteiger partial charge in [0.25, 0.3) is 0 Å². The molecule has 0 saturated carbocycles. The van der Waals surface area contributed by atoms with Gasteiger partial charge in [-0.15, -0.1) is 0 Å². The van der Waals surface area contributed by atoms with Gasteiger partial charge in [-0.05, 0) is 12.8 Å². The maximum absolute atomic E-state index is 11.3. The third kappa shape index (κ3) is 2.97. The van der Waals surface area contributed by atoms with Crippen LogP contribution in [0.5, 0.6) is 0 Å². The van der Waals surface area contributed by atoms with E-state index in [2.05, 4.69) is 5.32 Å². The molecule has 1 aliphatic heterocycles. The fraction of sp³-hybridized carbons (Fsp3) is 0.750. The van der Waals surface area contributed by atoms with Crippen molar-refractivity contribution in [3.05, 3.63) is 0 Å². The average molecular weight is 202 g/mol. The molecule has 2 amide bonds. The number of carbonyl (C=O) groups is 2. The maximum atomic E-state index is 11.3. The molecule has 2 atom stereocenters. The number of aliphatic hydroxyl groups excluding tert-OH is 1. The first-order valence-electron chi connectivity index (χ1n) is 4.48. The van der Waals surface area contributed by atoms with E-state index in [1.54, 1.807) is 0 Å². The lowest BCUT2D eigenvalue weighted by molar-refractivity contribution is -0.131. The Hall–Kier alpha value is -1.14. The Labute approximate surface area is 81.4 Å². The molecule has 80 valence electrons. The van der Waals surface area contributed by atoms with Crippen LogP contribution < -0.4 is 11.1 Å². The normalized spacial score (nSPS) is 23.1. The number of primary amides is 1. The Balaban J connectivity index is 2.23. The van der Waals surface area contributed by atoms with Crippen LogP contribution in [-0.2, 0) is 14.3 Å². The van der Waals surface area contributed by atoms with Crippen molar-refractivity contribution < 1.29 is 19.4 Å². The average Bonchev–Trinajstić information content (AvgIpc) is 2.66. The van der Waals surface area contributed by atoms with Gasteiger partial charge in [-0.3, -0.25) is 9.59 Å². The van der Waals surface area contributed by atoms with Crippen molar-refractivity contribution in [2.45, 2.75) is 25.0 Å². The summed E-state index contributed by atoms with van der Waals surface area (Å²) in [6, 6.07) is 0. The molecule has 1 fully saturated rings. The summed E-state index contributed by atoms with van der Waals surface area (Å²) in [4.78, 5) is 21.7. The van der Waals surface area contributed by atoms with Crippen molar-refractivity contribution in [3.63, 3.8) is 0 Å². The van der Waals surface area contributed by atoms with Gasteiger partial charge in [-0.2, -0.15) is 0 Å². The second kappa shape index (κ2) is 4.92. The SMILES string of the molecule is NC(=O)C(O)CNC(=O)[C@H]1CCCO1. The van der Waals surface area contributed by atoms with Gasteiger partial charge < -0.3 is 20.9 Å². The topological polar surface area (TPSA) is 102 Å². The third-order valence-electron chi connectivity index (χ3n) is 2.02. The summed E-state index contributed by atoms with van der Waals surface area (Å²) in [6.07, 6.45) is -0.245. The Morgan fingerprint density at radius 1 is 1.64 bits per heavy atom. The van der Waals surface area contributed by atoms with Crippen LogP contribution in [0.2, 0.25) is 0 Å². The molecular weight excluding hydrogens is 188 g/mol. The standard InChI is InChI=1S/C8H14N2O4/c9-7(12)5(11)4-10-8(13)6-2-1-3-14-6/h5-6,11H,1-4H2,(H2,9,12)(H,10,13)/t5?,6-/m1/s1. The minimum atomic E-state index is -1.33. The third-order valence-corrected chi connectivity index (χ3v) is 2.02. The number of hydrogen-bond donors (Lipinski definition) is 3. The molecular formula is C8H14N2O4. The highest BCUT2D eigenvalue weighted by Gasteiger charge is 2.24. The van der Waals surface area contributed by atoms with Crippen molar-refractivity contribution >= 4 is 11.8 Å². The Morgan fingerprint density at radius 2 is 2.36 bits per heavy atom. The highest BCUT2D eigenvalue weighted by atomic mass is 16.5. The van der Waals surface area contributed by atoms with Crippen molar-refractivity contribution in [2.24, 2.45) is 5.73 Å². The molecule has 0 spiro atoms. The van der Waals surface area contributed by atoms with E-state index >= 15 is 0 Å². The quantitative estimate of drug-likeness (QED) is 0.497. The second-order valence-corrected chi connectivity index (χ2v) is 3.16. The molecule has 1 aliphatic rings. The van der Waals surface area contributed by atoms with Crippen molar-refractivity contribution in [1.82, 2.24) is 5.32 Å². The van der Waals surface area contributed by atoms with E-state index < -0.39 is 18.1 Å². The predicted molar refractivity (Wildman–Crippen MR) is 47.2 cm³/mol. The number of nitrogens with two attached hydrogens (primary N) is 1. The van der Waals surface area contributed by atoms with Gasteiger partial charge in [0, 0.05) is 6.61 Å². The van der Waals surface area contributed by atoms with E-state index in [4.69, 9.17) is 15.6 Å². The van der Waals surface area contributed by atoms with E-state index in [-0.39, 0.29) is 12.5 Å². The van der Waals surface area contributed by atoms with Crippen LogP contribution >= 0.6 is 0 Å². The van der Waals surface area contributed by atoms with Crippen LogP contribution in [0.1, 0.15) is 12.8 Å². The molecule has 1 unspecified atom stereocenters. The van der Waals surface area contributed by atoms with Crippen LogP contribution in [0.3, 0.4) is 0 Å². The van der Waals surface area contributed by atoms with Crippen LogP contribution in [0, 0.1) is 0 Å². The van der Waals surface area contributed by atoms with E-state index in [0.717, 1.165) is 6.42 Å². The summed E-state index contributed by atoms with van der Waals surface area (Å²) in [7, 11) is 0. The largest absolute Gasteiger partial charge is 0.381 e. The molecule has 1 rings (SSSR count). The van der Waals surface area contributed by atoms with Crippen LogP contribution in [0.4, 0.5) is 0 Å². The summed E-state index contributed by atoms with van der Waals surface area (Å²) >= 11 is 0. The fourth-order valence-electron chi connectivity index (χ4n) is 1.20. The number of rotatable bonds is 4. The summed E-state index contributed by atoms with van der Waals surface area (Å²) < 4.78 is 5.10. The molecule has 6 nitrogen and oxygen atoms in total. The lowest BCUT2D eigenvalue weighted by Crippen LogP contribution is -2.43. The van der Waals surface area contributed by atoms with E-state index in [1.807, 2.05) is 0 Å². The van der Waals surface area contributed by atoms with Crippen molar-refractivity contribution in [3.8, 4) is 0 Å². The number of amides is 2. The zero-order valence-electron chi connectivity index (χ0n) is 7.73. The molecule has 1 heterocycles. The zero-order chi connectivity index (χ0) is 10.6. The Bertz CT molecular complexity index is 225. The summed E-state index contributed by atoms with van der Waals surface area (Å²) in [6.45, 7) is 0.421. The van der Waals surface area contributed by atoms with Gasteiger partial charge in [0.2, 0.25) is 11.8 Å². The number of ether oxygens (including phenoxy) is 1. The molecule has 4 N–H and O–H groups in total. The van der Waals surface area contributed by atoms with Crippen molar-refractivity contribution in [1.29, 1.82) is 0 Å². The zero-order valence-corrected chi connectivity index (χ0v) is 7.73. The molecule has 1 saturated heterocycles. The minimum Gasteiger partial charge on any atom is -0.381 e. The molecule has 0 aromatic rings. The number of hydrogen-bond acceptors (Lipinski definition) is 4. The minimum absolute atomic E-state index is 0.159. The predicted octanol–water partition coefficient (Wildman–Crippen LogP) is -1.87. The first kappa shape index (κ1) is 10.9. The Morgan fingerprint density at radius 3 is 2.86 bits per heavy atom. The first-order chi connectivity index (χ1) is 6.61. The van der Waals surface area contributed by atoms with Gasteiger partial charge in [0.15, 0.2) is 0 Å². The molecule has 0 aromatic carbocycles. The Kier molecular flexibility index (Phi) is 3.84. The molecule has 6 heteroatoms. The van der Waals surface area contributed by atoms with Gasteiger partial charge in [0.1, 0.15) is 12.2 Å². The number of aliphatic hydroxyl groups is 1. The van der Waals surface area contributed by atoms with Crippen LogP contribution in [-0.4, -0.2) is 42.3 Å². The second-order valence-electron chi connectivity index (χ2n) is 3.16. The lowest BCUT2D eigenvalue weighted by Gasteiger charge is -2.11. The fourth-order valence-corrected chi connectivity index (χ4v) is 1.20. The van der Waals surface area contributed by atoms with Gasteiger partial charge in [-0.1, -0.05) is 0 Å². The monoisotopic (exact) mass is 202 g/mol. The number of nitrogens with one attached hydrogen (secondary N) is 1. The first-order valence-corrected chi connectivity index (χ1v) is 4.48. The van der Waals surface area contributed by atoms with Gasteiger partial charge in [0.05, 0.1) is 6.54 Å². The van der Waals surface area contributed by atoms with Crippen LogP contribution in [0.25, 0.3) is 0 Å². The molecule has 14 heavy (non-hydrogen) atoms. The molecule has 0 bridgehead atoms. The van der Waals surface area contributed by atoms with Crippen molar-refractivity contribution in [2.75, 3.05) is 13.2 Å². The lowest BCUT2D eigenvalue weighted by atomic mass is 10.2. The van der Waals surface area contributed by atoms with Gasteiger partial charge >= 0.3 is 0 Å². The summed E-state index contributed by atoms with van der Waals surface area (Å²) in [5, 5.41) is 11.4. The van der Waals surface area contributed by atoms with E-state index in [9.17, 15) is 9.59 Å². The van der Waals surface area contributed by atoms with Crippen LogP contribution in [0.15, 0.2) is 0 Å². The maximum Gasteiger partial charge on any atom is 0.249 e. The molecule has 0 aliphatic carbocycles. The molecule has 0 radical (unpaired) electrons. The summed E-state index contributed by atoms with van der Waals surface area (Å²) in [5.41, 5.74) is 4.80. The smallest absolute Gasteiger partial charge is 0.249 e. The summed E-state index contributed by atoms with van der Waals surface area (Å²) in [5.74, 6) is -1.15. The number of carbonyl (C=O) groups excluding carboxylic acids is 2. The van der Waals surface area contributed by atoms with E-state index in [0.29, 0.717) is 13.0 Å². The van der Waals surface area contributed by atoms with Gasteiger partial charge in [-0.25, -0.2) is 0 Å². The molecule has 0 aromatic heterocycles. The highest BCUT2D eigenvalue weighted by molar-refractivity contribution is 5.83. The highest BCUT2D eigenvalue weighted by Crippen LogP contribution is 2.11. The van der Waals surface area contributed by atoms with E-state index in [1.165, 1.54) is 0 Å².